The molecule has 0 heteroatoms. The summed E-state index contributed by atoms with van der Waals surface area (Å²) < 4.78 is 0. The van der Waals surface area contributed by atoms with Crippen molar-refractivity contribution >= 4 is 10.8 Å². The molecule has 0 aromatic heterocycles. The van der Waals surface area contributed by atoms with Gasteiger partial charge < -0.3 is 0 Å². The van der Waals surface area contributed by atoms with E-state index in [1.165, 1.54) is 119 Å². The number of unbranched alkanes of at least 4 members (excludes halogenated alkanes) is 14. The fourth-order valence-corrected chi connectivity index (χ4v) is 4.20. The molecule has 2 aromatic rings. The number of benzene rings is 2. The Morgan fingerprint density at radius 3 is 1.56 bits per heavy atom. The van der Waals surface area contributed by atoms with Crippen molar-refractivity contribution in [2.45, 2.75) is 110 Å². The molecule has 0 bridgehead atoms. The van der Waals surface area contributed by atoms with Gasteiger partial charge in [0.05, 0.1) is 0 Å². The van der Waals surface area contributed by atoms with E-state index in [0.29, 0.717) is 0 Å². The lowest BCUT2D eigenvalue weighted by Gasteiger charge is -2.07. The molecule has 150 valence electrons. The van der Waals surface area contributed by atoms with Crippen LogP contribution in [-0.2, 0) is 6.42 Å². The van der Waals surface area contributed by atoms with Crippen LogP contribution in [0.25, 0.3) is 10.8 Å². The van der Waals surface area contributed by atoms with E-state index in [4.69, 9.17) is 0 Å². The van der Waals surface area contributed by atoms with Gasteiger partial charge in [-0.1, -0.05) is 139 Å². The predicted octanol–water partition coefficient (Wildman–Crippen LogP) is 9.25. The van der Waals surface area contributed by atoms with E-state index in [1.807, 2.05) is 0 Å². The number of aryl methyl sites for hydroxylation is 1. The highest BCUT2D eigenvalue weighted by Gasteiger charge is 2.00. The SMILES string of the molecule is CCCCCCCCCCCCCCCCCc1cccc2ccccc12. The third-order valence-corrected chi connectivity index (χ3v) is 5.93. The molecule has 0 nitrogen and oxygen atoms in total. The van der Waals surface area contributed by atoms with Crippen LogP contribution in [0.4, 0.5) is 0 Å². The average Bonchev–Trinajstić information content (AvgIpc) is 2.71. The quantitative estimate of drug-likeness (QED) is 0.260. The highest BCUT2D eigenvalue weighted by atomic mass is 14.1. The van der Waals surface area contributed by atoms with Crippen LogP contribution in [0, 0.1) is 0 Å². The minimum absolute atomic E-state index is 1.24. The molecular formula is C27H42. The Kier molecular flexibility index (Phi) is 12.0. The van der Waals surface area contributed by atoms with Gasteiger partial charge in [0.2, 0.25) is 0 Å². The molecule has 0 fully saturated rings. The standard InChI is InChI=1S/C27H42/c1-2-3-4-5-6-7-8-9-10-11-12-13-14-15-16-20-25-22-19-23-26-21-17-18-24-27(25)26/h17-19,21-24H,2-16,20H2,1H3. The zero-order chi connectivity index (χ0) is 19.0. The Hall–Kier alpha value is -1.30. The Labute approximate surface area is 168 Å². The lowest BCUT2D eigenvalue weighted by molar-refractivity contribution is 0.532. The molecule has 0 aliphatic rings. The molecule has 0 aliphatic carbocycles. The Bertz CT molecular complexity index is 593. The summed E-state index contributed by atoms with van der Waals surface area (Å²) in [7, 11) is 0. The van der Waals surface area contributed by atoms with Gasteiger partial charge in [-0.05, 0) is 29.2 Å². The van der Waals surface area contributed by atoms with Gasteiger partial charge in [-0.3, -0.25) is 0 Å². The molecule has 0 atom stereocenters. The minimum atomic E-state index is 1.24. The van der Waals surface area contributed by atoms with Crippen molar-refractivity contribution in [3.05, 3.63) is 48.0 Å². The van der Waals surface area contributed by atoms with Crippen molar-refractivity contribution in [3.8, 4) is 0 Å². The molecule has 2 rings (SSSR count). The molecule has 2 aromatic carbocycles. The summed E-state index contributed by atoms with van der Waals surface area (Å²) in [6.07, 6.45) is 22.8. The highest BCUT2D eigenvalue weighted by molar-refractivity contribution is 5.85. The first-order valence-corrected chi connectivity index (χ1v) is 11.9. The summed E-state index contributed by atoms with van der Waals surface area (Å²) >= 11 is 0. The first-order valence-electron chi connectivity index (χ1n) is 11.9. The summed E-state index contributed by atoms with van der Waals surface area (Å²) in [5.41, 5.74) is 1.53. The fraction of sp³-hybridized carbons (Fsp3) is 0.630. The molecule has 0 N–H and O–H groups in total. The van der Waals surface area contributed by atoms with E-state index in [0.717, 1.165) is 0 Å². The largest absolute Gasteiger partial charge is 0.0654 e. The monoisotopic (exact) mass is 366 g/mol. The maximum Gasteiger partial charge on any atom is -0.0152 e. The van der Waals surface area contributed by atoms with Crippen molar-refractivity contribution in [1.82, 2.24) is 0 Å². The van der Waals surface area contributed by atoms with Crippen LogP contribution >= 0.6 is 0 Å². The molecule has 0 unspecified atom stereocenters. The zero-order valence-corrected chi connectivity index (χ0v) is 17.9. The molecule has 0 saturated carbocycles. The predicted molar refractivity (Wildman–Crippen MR) is 123 cm³/mol. The van der Waals surface area contributed by atoms with Crippen LogP contribution in [0.2, 0.25) is 0 Å². The molecule has 27 heavy (non-hydrogen) atoms. The van der Waals surface area contributed by atoms with Gasteiger partial charge in [0, 0.05) is 0 Å². The molecule has 0 saturated heterocycles. The van der Waals surface area contributed by atoms with Crippen LogP contribution in [0.5, 0.6) is 0 Å². The fourth-order valence-electron chi connectivity index (χ4n) is 4.20. The van der Waals surface area contributed by atoms with Crippen molar-refractivity contribution in [2.75, 3.05) is 0 Å². The molecule has 0 amide bonds. The van der Waals surface area contributed by atoms with Gasteiger partial charge in [-0.2, -0.15) is 0 Å². The van der Waals surface area contributed by atoms with Gasteiger partial charge in [-0.15, -0.1) is 0 Å². The lowest BCUT2D eigenvalue weighted by Crippen LogP contribution is -1.88. The normalized spacial score (nSPS) is 11.3. The maximum atomic E-state index is 2.31. The van der Waals surface area contributed by atoms with Crippen LogP contribution < -0.4 is 0 Å². The topological polar surface area (TPSA) is 0 Å². The number of hydrogen-bond acceptors (Lipinski definition) is 0. The van der Waals surface area contributed by atoms with E-state index in [1.54, 1.807) is 0 Å². The van der Waals surface area contributed by atoms with Gasteiger partial charge in [0.1, 0.15) is 0 Å². The van der Waals surface area contributed by atoms with E-state index < -0.39 is 0 Å². The van der Waals surface area contributed by atoms with Gasteiger partial charge in [0.25, 0.3) is 0 Å². The van der Waals surface area contributed by atoms with E-state index in [2.05, 4.69) is 49.4 Å². The van der Waals surface area contributed by atoms with Gasteiger partial charge in [0.15, 0.2) is 0 Å². The second-order valence-corrected chi connectivity index (χ2v) is 8.34. The Balaban J connectivity index is 1.40. The third-order valence-electron chi connectivity index (χ3n) is 5.93. The number of rotatable bonds is 16. The van der Waals surface area contributed by atoms with Crippen LogP contribution in [-0.4, -0.2) is 0 Å². The summed E-state index contributed by atoms with van der Waals surface area (Å²) in [4.78, 5) is 0. The summed E-state index contributed by atoms with van der Waals surface area (Å²) in [5, 5.41) is 2.83. The molecular weight excluding hydrogens is 324 g/mol. The summed E-state index contributed by atoms with van der Waals surface area (Å²) in [6.45, 7) is 2.30. The van der Waals surface area contributed by atoms with Gasteiger partial charge in [-0.25, -0.2) is 0 Å². The van der Waals surface area contributed by atoms with Crippen LogP contribution in [0.15, 0.2) is 42.5 Å². The van der Waals surface area contributed by atoms with Crippen molar-refractivity contribution < 1.29 is 0 Å². The van der Waals surface area contributed by atoms with E-state index >= 15 is 0 Å². The van der Waals surface area contributed by atoms with Crippen molar-refractivity contribution in [1.29, 1.82) is 0 Å². The Morgan fingerprint density at radius 1 is 0.481 bits per heavy atom. The zero-order valence-electron chi connectivity index (χ0n) is 17.9. The summed E-state index contributed by atoms with van der Waals surface area (Å²) in [6, 6.07) is 15.6. The first kappa shape index (κ1) is 22.0. The second kappa shape index (κ2) is 14.7. The van der Waals surface area contributed by atoms with Crippen molar-refractivity contribution in [3.63, 3.8) is 0 Å². The second-order valence-electron chi connectivity index (χ2n) is 8.34. The van der Waals surface area contributed by atoms with E-state index in [9.17, 15) is 0 Å². The molecule has 0 spiro atoms. The minimum Gasteiger partial charge on any atom is -0.0654 e. The molecule has 0 radical (unpaired) electrons. The van der Waals surface area contributed by atoms with Crippen LogP contribution in [0.3, 0.4) is 0 Å². The Morgan fingerprint density at radius 2 is 0.963 bits per heavy atom. The average molecular weight is 367 g/mol. The number of fused-ring (bicyclic) bond motifs is 1. The van der Waals surface area contributed by atoms with Crippen LogP contribution in [0.1, 0.15) is 109 Å². The van der Waals surface area contributed by atoms with E-state index in [-0.39, 0.29) is 0 Å². The summed E-state index contributed by atoms with van der Waals surface area (Å²) in [5.74, 6) is 0. The smallest absolute Gasteiger partial charge is 0.0152 e. The molecule has 0 heterocycles. The molecule has 0 aliphatic heterocycles. The highest BCUT2D eigenvalue weighted by Crippen LogP contribution is 2.21. The van der Waals surface area contributed by atoms with Gasteiger partial charge >= 0.3 is 0 Å². The first-order chi connectivity index (χ1) is 13.4. The maximum absolute atomic E-state index is 2.31. The lowest BCUT2D eigenvalue weighted by atomic mass is 9.99. The number of hydrogen-bond donors (Lipinski definition) is 0. The van der Waals surface area contributed by atoms with Crippen molar-refractivity contribution in [2.24, 2.45) is 0 Å². The third kappa shape index (κ3) is 9.45.